The Labute approximate surface area is 108 Å². The van der Waals surface area contributed by atoms with E-state index in [9.17, 15) is 8.42 Å². The molecule has 0 bridgehead atoms. The third-order valence-corrected chi connectivity index (χ3v) is 5.11. The summed E-state index contributed by atoms with van der Waals surface area (Å²) >= 11 is 9.36. The van der Waals surface area contributed by atoms with Crippen LogP contribution >= 0.6 is 27.5 Å². The van der Waals surface area contributed by atoms with Gasteiger partial charge in [-0.1, -0.05) is 27.5 Å². The van der Waals surface area contributed by atoms with Gasteiger partial charge in [-0.05, 0) is 24.6 Å². The third kappa shape index (κ3) is 2.90. The van der Waals surface area contributed by atoms with Gasteiger partial charge >= 0.3 is 0 Å². The number of benzene rings is 1. The molecule has 1 aliphatic rings. The lowest BCUT2D eigenvalue weighted by atomic mass is 10.2. The molecule has 1 saturated heterocycles. The van der Waals surface area contributed by atoms with Gasteiger partial charge < -0.3 is 5.32 Å². The second-order valence-electron chi connectivity index (χ2n) is 3.87. The molecule has 0 aromatic heterocycles. The van der Waals surface area contributed by atoms with Crippen molar-refractivity contribution >= 4 is 43.1 Å². The minimum Gasteiger partial charge on any atom is -0.380 e. The summed E-state index contributed by atoms with van der Waals surface area (Å²) < 4.78 is 23.5. The number of nitrogens with one attached hydrogen (secondary N) is 1. The van der Waals surface area contributed by atoms with Crippen molar-refractivity contribution in [3.05, 3.63) is 27.7 Å². The van der Waals surface area contributed by atoms with Crippen molar-refractivity contribution in [2.75, 3.05) is 16.8 Å². The maximum Gasteiger partial charge on any atom is 0.152 e. The Hall–Kier alpha value is -0.260. The van der Waals surface area contributed by atoms with Crippen LogP contribution in [-0.2, 0) is 9.84 Å². The zero-order chi connectivity index (χ0) is 11.8. The standard InChI is InChI=1S/C10H11BrClNO2S/c11-7-1-2-9(12)10(5-7)13-8-3-4-16(14,15)6-8/h1-2,5,8,13H,3-4,6H2. The third-order valence-electron chi connectivity index (χ3n) is 2.52. The molecule has 1 heterocycles. The summed E-state index contributed by atoms with van der Waals surface area (Å²) in [6.07, 6.45) is 0.644. The maximum absolute atomic E-state index is 11.3. The molecule has 0 spiro atoms. The number of anilines is 1. The normalized spacial score (nSPS) is 23.2. The number of halogens is 2. The Morgan fingerprint density at radius 3 is 2.81 bits per heavy atom. The van der Waals surface area contributed by atoms with E-state index in [-0.39, 0.29) is 17.5 Å². The fourth-order valence-electron chi connectivity index (χ4n) is 1.74. The SMILES string of the molecule is O=S1(=O)CCC(Nc2cc(Br)ccc2Cl)C1. The summed E-state index contributed by atoms with van der Waals surface area (Å²) in [7, 11) is -2.86. The van der Waals surface area contributed by atoms with Crippen molar-refractivity contribution in [3.63, 3.8) is 0 Å². The lowest BCUT2D eigenvalue weighted by Crippen LogP contribution is -2.20. The van der Waals surface area contributed by atoms with Crippen LogP contribution < -0.4 is 5.32 Å². The molecular formula is C10H11BrClNO2S. The molecule has 16 heavy (non-hydrogen) atoms. The molecule has 2 rings (SSSR count). The van der Waals surface area contributed by atoms with E-state index in [4.69, 9.17) is 11.6 Å². The van der Waals surface area contributed by atoms with E-state index in [0.29, 0.717) is 11.4 Å². The van der Waals surface area contributed by atoms with Gasteiger partial charge in [0.15, 0.2) is 9.84 Å². The number of hydrogen-bond donors (Lipinski definition) is 1. The van der Waals surface area contributed by atoms with Gasteiger partial charge in [-0.2, -0.15) is 0 Å². The average molecular weight is 325 g/mol. The fraction of sp³-hybridized carbons (Fsp3) is 0.400. The first kappa shape index (κ1) is 12.2. The molecule has 1 N–H and O–H groups in total. The molecule has 0 radical (unpaired) electrons. The van der Waals surface area contributed by atoms with Crippen molar-refractivity contribution in [2.45, 2.75) is 12.5 Å². The van der Waals surface area contributed by atoms with Gasteiger partial charge in [0.1, 0.15) is 0 Å². The van der Waals surface area contributed by atoms with Crippen LogP contribution in [-0.4, -0.2) is 26.0 Å². The number of sulfone groups is 1. The van der Waals surface area contributed by atoms with Crippen molar-refractivity contribution in [1.29, 1.82) is 0 Å². The molecule has 1 aliphatic heterocycles. The second-order valence-corrected chi connectivity index (χ2v) is 7.42. The minimum absolute atomic E-state index is 0.0307. The quantitative estimate of drug-likeness (QED) is 0.910. The topological polar surface area (TPSA) is 46.2 Å². The molecule has 1 fully saturated rings. The molecule has 0 amide bonds. The first-order valence-electron chi connectivity index (χ1n) is 4.88. The summed E-state index contributed by atoms with van der Waals surface area (Å²) in [6.45, 7) is 0. The van der Waals surface area contributed by atoms with E-state index in [1.807, 2.05) is 12.1 Å². The van der Waals surface area contributed by atoms with Crippen LogP contribution in [0.25, 0.3) is 0 Å². The van der Waals surface area contributed by atoms with E-state index in [0.717, 1.165) is 10.2 Å². The van der Waals surface area contributed by atoms with Crippen molar-refractivity contribution in [1.82, 2.24) is 0 Å². The minimum atomic E-state index is -2.86. The van der Waals surface area contributed by atoms with Crippen LogP contribution in [0.4, 0.5) is 5.69 Å². The molecule has 0 saturated carbocycles. The molecule has 3 nitrogen and oxygen atoms in total. The highest BCUT2D eigenvalue weighted by molar-refractivity contribution is 9.10. The van der Waals surface area contributed by atoms with Crippen LogP contribution in [0.3, 0.4) is 0 Å². The van der Waals surface area contributed by atoms with Gasteiger partial charge in [-0.25, -0.2) is 8.42 Å². The van der Waals surface area contributed by atoms with E-state index >= 15 is 0 Å². The van der Waals surface area contributed by atoms with E-state index in [1.54, 1.807) is 6.07 Å². The summed E-state index contributed by atoms with van der Waals surface area (Å²) in [5.74, 6) is 0.451. The maximum atomic E-state index is 11.3. The fourth-order valence-corrected chi connectivity index (χ4v) is 3.94. The Morgan fingerprint density at radius 1 is 1.44 bits per heavy atom. The predicted molar refractivity (Wildman–Crippen MR) is 69.8 cm³/mol. The number of rotatable bonds is 2. The lowest BCUT2D eigenvalue weighted by Gasteiger charge is -2.13. The lowest BCUT2D eigenvalue weighted by molar-refractivity contribution is 0.602. The van der Waals surface area contributed by atoms with Gasteiger partial charge in [0.2, 0.25) is 0 Å². The zero-order valence-electron chi connectivity index (χ0n) is 8.41. The van der Waals surface area contributed by atoms with E-state index in [1.165, 1.54) is 0 Å². The summed E-state index contributed by atoms with van der Waals surface area (Å²) in [6, 6.07) is 5.45. The average Bonchev–Trinajstić information content (AvgIpc) is 2.52. The molecule has 1 aromatic carbocycles. The van der Waals surface area contributed by atoms with Gasteiger partial charge in [-0.3, -0.25) is 0 Å². The van der Waals surface area contributed by atoms with Gasteiger partial charge in [0, 0.05) is 10.5 Å². The van der Waals surface area contributed by atoms with Crippen LogP contribution in [0, 0.1) is 0 Å². The molecule has 88 valence electrons. The van der Waals surface area contributed by atoms with Crippen LogP contribution in [0.15, 0.2) is 22.7 Å². The first-order valence-corrected chi connectivity index (χ1v) is 7.87. The Kier molecular flexibility index (Phi) is 3.47. The zero-order valence-corrected chi connectivity index (χ0v) is 11.6. The van der Waals surface area contributed by atoms with Crippen molar-refractivity contribution in [3.8, 4) is 0 Å². The second kappa shape index (κ2) is 4.55. The van der Waals surface area contributed by atoms with Gasteiger partial charge in [0.25, 0.3) is 0 Å². The molecule has 0 aliphatic carbocycles. The monoisotopic (exact) mass is 323 g/mol. The number of hydrogen-bond acceptors (Lipinski definition) is 3. The largest absolute Gasteiger partial charge is 0.380 e. The molecule has 6 heteroatoms. The molecular weight excluding hydrogens is 314 g/mol. The van der Waals surface area contributed by atoms with Crippen LogP contribution in [0.1, 0.15) is 6.42 Å². The summed E-state index contributed by atoms with van der Waals surface area (Å²) in [4.78, 5) is 0. The highest BCUT2D eigenvalue weighted by Crippen LogP contribution is 2.27. The highest BCUT2D eigenvalue weighted by atomic mass is 79.9. The summed E-state index contributed by atoms with van der Waals surface area (Å²) in [5, 5.41) is 3.77. The first-order chi connectivity index (χ1) is 7.46. The van der Waals surface area contributed by atoms with Crippen molar-refractivity contribution in [2.24, 2.45) is 0 Å². The molecule has 1 unspecified atom stereocenters. The Morgan fingerprint density at radius 2 is 2.19 bits per heavy atom. The predicted octanol–water partition coefficient (Wildman–Crippen LogP) is 2.70. The van der Waals surface area contributed by atoms with Crippen LogP contribution in [0.5, 0.6) is 0 Å². The molecule has 1 aromatic rings. The Balaban J connectivity index is 2.13. The van der Waals surface area contributed by atoms with Gasteiger partial charge in [-0.15, -0.1) is 0 Å². The van der Waals surface area contributed by atoms with E-state index in [2.05, 4.69) is 21.2 Å². The summed E-state index contributed by atoms with van der Waals surface area (Å²) in [5.41, 5.74) is 0.776. The van der Waals surface area contributed by atoms with E-state index < -0.39 is 9.84 Å². The smallest absolute Gasteiger partial charge is 0.152 e. The van der Waals surface area contributed by atoms with Crippen LogP contribution in [0.2, 0.25) is 5.02 Å². The molecule has 1 atom stereocenters. The van der Waals surface area contributed by atoms with Crippen molar-refractivity contribution < 1.29 is 8.42 Å². The van der Waals surface area contributed by atoms with Gasteiger partial charge in [0.05, 0.1) is 22.2 Å². The highest BCUT2D eigenvalue weighted by Gasteiger charge is 2.27. The Bertz CT molecular complexity index is 504.